The number of para-hydroxylation sites is 2. The summed E-state index contributed by atoms with van der Waals surface area (Å²) in [5, 5.41) is 2.55. The van der Waals surface area contributed by atoms with E-state index in [1.807, 2.05) is 23.5 Å². The van der Waals surface area contributed by atoms with Crippen LogP contribution in [-0.4, -0.2) is 4.57 Å². The molecule has 0 saturated carbocycles. The summed E-state index contributed by atoms with van der Waals surface area (Å²) in [4.78, 5) is 5.44. The maximum Gasteiger partial charge on any atom is 0.0541 e. The minimum absolute atomic E-state index is 0.0759. The summed E-state index contributed by atoms with van der Waals surface area (Å²) in [5.74, 6) is 0. The van der Waals surface area contributed by atoms with Crippen molar-refractivity contribution in [2.45, 2.75) is 38.8 Å². The van der Waals surface area contributed by atoms with E-state index in [1.165, 1.54) is 91.6 Å². The quantitative estimate of drug-likeness (QED) is 0.188. The molecule has 1 aliphatic heterocycles. The summed E-state index contributed by atoms with van der Waals surface area (Å²) in [6.45, 7) is 4.78. The number of aromatic nitrogens is 1. The van der Waals surface area contributed by atoms with Crippen LogP contribution < -0.4 is 0 Å². The maximum absolute atomic E-state index is 2.46. The molecule has 0 spiro atoms. The molecule has 8 aromatic rings. The van der Waals surface area contributed by atoms with Crippen LogP contribution in [0.4, 0.5) is 0 Å². The van der Waals surface area contributed by atoms with E-state index in [2.05, 4.69) is 170 Å². The maximum atomic E-state index is 2.46. The first-order chi connectivity index (χ1) is 23.5. The number of hydrogen-bond acceptors (Lipinski definition) is 2. The highest BCUT2D eigenvalue weighted by atomic mass is 32.2. The third-order valence-electron chi connectivity index (χ3n) is 10.2. The van der Waals surface area contributed by atoms with Crippen LogP contribution in [0, 0.1) is 0 Å². The highest BCUT2D eigenvalue weighted by molar-refractivity contribution is 8.05. The summed E-state index contributed by atoms with van der Waals surface area (Å²) in [6.07, 6.45) is 0. The minimum atomic E-state index is -0.0759. The van der Waals surface area contributed by atoms with Crippen molar-refractivity contribution in [3.05, 3.63) is 163 Å². The third-order valence-corrected chi connectivity index (χ3v) is 12.8. The summed E-state index contributed by atoms with van der Waals surface area (Å²) < 4.78 is 2.38. The van der Waals surface area contributed by atoms with Gasteiger partial charge in [0.25, 0.3) is 0 Å². The van der Waals surface area contributed by atoms with Crippen molar-refractivity contribution in [2.75, 3.05) is 0 Å². The van der Waals surface area contributed by atoms with Crippen LogP contribution in [0.1, 0.15) is 25.0 Å². The summed E-state index contributed by atoms with van der Waals surface area (Å²) >= 11 is 3.81. The van der Waals surface area contributed by atoms with Gasteiger partial charge in [-0.05, 0) is 111 Å². The van der Waals surface area contributed by atoms with Gasteiger partial charge in [-0.1, -0.05) is 122 Å². The second-order valence-electron chi connectivity index (χ2n) is 13.4. The molecule has 2 heterocycles. The Morgan fingerprint density at radius 2 is 1.02 bits per heavy atom. The second-order valence-corrected chi connectivity index (χ2v) is 15.5. The van der Waals surface area contributed by atoms with Gasteiger partial charge in [-0.2, -0.15) is 0 Å². The molecular weight excluding hydrogens is 619 g/mol. The van der Waals surface area contributed by atoms with Crippen molar-refractivity contribution in [1.29, 1.82) is 0 Å². The lowest BCUT2D eigenvalue weighted by Gasteiger charge is -2.24. The summed E-state index contributed by atoms with van der Waals surface area (Å²) in [6, 6.07) is 56.2. The van der Waals surface area contributed by atoms with Crippen molar-refractivity contribution < 1.29 is 0 Å². The Morgan fingerprint density at radius 3 is 1.81 bits per heavy atom. The van der Waals surface area contributed by atoms with Gasteiger partial charge < -0.3 is 4.57 Å². The summed E-state index contributed by atoms with van der Waals surface area (Å²) in [5.41, 5.74) is 14.1. The molecular formula is C45H31NS2. The first-order valence-corrected chi connectivity index (χ1v) is 18.1. The fourth-order valence-electron chi connectivity index (χ4n) is 7.82. The lowest BCUT2D eigenvalue weighted by Crippen LogP contribution is -2.15. The lowest BCUT2D eigenvalue weighted by molar-refractivity contribution is 0.658. The largest absolute Gasteiger partial charge is 0.309 e. The molecule has 0 radical (unpaired) electrons. The number of benzene rings is 7. The smallest absolute Gasteiger partial charge is 0.0541 e. The average molecular weight is 650 g/mol. The number of nitrogens with zero attached hydrogens (tertiary/aromatic N) is 1. The molecule has 1 aliphatic carbocycles. The van der Waals surface area contributed by atoms with Gasteiger partial charge in [0.15, 0.2) is 0 Å². The van der Waals surface area contributed by atoms with Crippen molar-refractivity contribution in [3.8, 4) is 39.1 Å². The van der Waals surface area contributed by atoms with Crippen molar-refractivity contribution >= 4 is 45.3 Å². The molecule has 228 valence electrons. The van der Waals surface area contributed by atoms with Crippen molar-refractivity contribution in [2.24, 2.45) is 0 Å². The molecule has 1 aromatic heterocycles. The molecule has 10 rings (SSSR count). The average Bonchev–Trinajstić information content (AvgIpc) is 3.57. The van der Waals surface area contributed by atoms with E-state index >= 15 is 0 Å². The molecule has 0 bridgehead atoms. The van der Waals surface area contributed by atoms with Crippen molar-refractivity contribution in [3.63, 3.8) is 0 Å². The molecule has 0 amide bonds. The SMILES string of the molecule is CC1(C)c2cc(-c3cccc(-c4ccc5c(c4)c4ccccc4n5-c4ccccc4)c3)ccc2-c2cc3c(cc21)Sc1ccccc1S3. The molecule has 0 fully saturated rings. The minimum Gasteiger partial charge on any atom is -0.309 e. The first kappa shape index (κ1) is 28.1. The van der Waals surface area contributed by atoms with E-state index in [4.69, 9.17) is 0 Å². The molecule has 48 heavy (non-hydrogen) atoms. The van der Waals surface area contributed by atoms with Crippen LogP contribution in [0.5, 0.6) is 0 Å². The standard InChI is InChI=1S/C45H31NS2/c1-45(2)37-25-31(19-21-33(37)35-26-43-44(27-38(35)45)48-42-18-9-8-17-41(42)47-43)29-12-10-11-28(23-29)30-20-22-40-36(24-30)34-15-6-7-16-39(34)46(40)32-13-4-3-5-14-32/h3-27H,1-2H3. The third kappa shape index (κ3) is 4.21. The van der Waals surface area contributed by atoms with Crippen LogP contribution in [0.15, 0.2) is 171 Å². The molecule has 0 atom stereocenters. The fraction of sp³-hybridized carbons (Fsp3) is 0.0667. The van der Waals surface area contributed by atoms with E-state index in [9.17, 15) is 0 Å². The Kier molecular flexibility index (Phi) is 6.16. The van der Waals surface area contributed by atoms with Crippen LogP contribution in [0.2, 0.25) is 0 Å². The Labute approximate surface area is 289 Å². The fourth-order valence-corrected chi connectivity index (χ4v) is 10.1. The van der Waals surface area contributed by atoms with E-state index in [0.717, 1.165) is 0 Å². The topological polar surface area (TPSA) is 4.93 Å². The van der Waals surface area contributed by atoms with Crippen LogP contribution in [-0.2, 0) is 5.41 Å². The van der Waals surface area contributed by atoms with Gasteiger partial charge in [0.1, 0.15) is 0 Å². The predicted molar refractivity (Wildman–Crippen MR) is 204 cm³/mol. The molecule has 0 saturated heterocycles. The highest BCUT2D eigenvalue weighted by Crippen LogP contribution is 2.56. The molecule has 7 aromatic carbocycles. The van der Waals surface area contributed by atoms with E-state index in [0.29, 0.717) is 0 Å². The van der Waals surface area contributed by atoms with Gasteiger partial charge in [0.05, 0.1) is 11.0 Å². The number of hydrogen-bond donors (Lipinski definition) is 0. The first-order valence-electron chi connectivity index (χ1n) is 16.5. The van der Waals surface area contributed by atoms with Crippen LogP contribution in [0.25, 0.3) is 60.9 Å². The van der Waals surface area contributed by atoms with Gasteiger partial charge >= 0.3 is 0 Å². The van der Waals surface area contributed by atoms with Crippen LogP contribution >= 0.6 is 23.5 Å². The Bertz CT molecular complexity index is 2590. The predicted octanol–water partition coefficient (Wildman–Crippen LogP) is 13.0. The number of fused-ring (bicyclic) bond motifs is 8. The monoisotopic (exact) mass is 649 g/mol. The van der Waals surface area contributed by atoms with Gasteiger partial charge in [-0.3, -0.25) is 0 Å². The van der Waals surface area contributed by atoms with Gasteiger partial charge in [-0.25, -0.2) is 0 Å². The Hall–Kier alpha value is -4.96. The second kappa shape index (κ2) is 10.5. The summed E-state index contributed by atoms with van der Waals surface area (Å²) in [7, 11) is 0. The van der Waals surface area contributed by atoms with E-state index < -0.39 is 0 Å². The van der Waals surface area contributed by atoms with Crippen LogP contribution in [0.3, 0.4) is 0 Å². The van der Waals surface area contributed by atoms with E-state index in [-0.39, 0.29) is 5.41 Å². The normalized spacial score (nSPS) is 14.0. The highest BCUT2D eigenvalue weighted by Gasteiger charge is 2.37. The number of rotatable bonds is 3. The van der Waals surface area contributed by atoms with Crippen molar-refractivity contribution in [1.82, 2.24) is 4.57 Å². The van der Waals surface area contributed by atoms with Gasteiger partial charge in [0.2, 0.25) is 0 Å². The molecule has 0 unspecified atom stereocenters. The molecule has 3 heteroatoms. The van der Waals surface area contributed by atoms with Gasteiger partial charge in [-0.15, -0.1) is 0 Å². The molecule has 2 aliphatic rings. The van der Waals surface area contributed by atoms with Gasteiger partial charge in [0, 0.05) is 41.5 Å². The zero-order valence-corrected chi connectivity index (χ0v) is 28.3. The van der Waals surface area contributed by atoms with E-state index in [1.54, 1.807) is 0 Å². The molecule has 0 N–H and O–H groups in total. The Balaban J connectivity index is 1.04. The Morgan fingerprint density at radius 1 is 0.417 bits per heavy atom. The lowest BCUT2D eigenvalue weighted by atomic mass is 9.81. The zero-order valence-electron chi connectivity index (χ0n) is 26.7. The molecule has 1 nitrogen and oxygen atoms in total. The zero-order chi connectivity index (χ0) is 32.0.